The van der Waals surface area contributed by atoms with Crippen LogP contribution in [0.1, 0.15) is 11.1 Å². The maximum Gasteiger partial charge on any atom is 0.264 e. The molecule has 0 unspecified atom stereocenters. The molecule has 3 rings (SSSR count). The number of aryl methyl sites for hydroxylation is 2. The Balaban J connectivity index is 2.15. The van der Waals surface area contributed by atoms with Crippen LogP contribution < -0.4 is 10.2 Å². The summed E-state index contributed by atoms with van der Waals surface area (Å²) in [7, 11) is -7.89. The molecule has 0 aliphatic carbocycles. The van der Waals surface area contributed by atoms with E-state index in [0.717, 1.165) is 17.4 Å². The topological polar surface area (TPSA) is 138 Å². The lowest BCUT2D eigenvalue weighted by atomic mass is 10.00. The van der Waals surface area contributed by atoms with E-state index in [9.17, 15) is 16.8 Å². The zero-order valence-corrected chi connectivity index (χ0v) is 18.0. The summed E-state index contributed by atoms with van der Waals surface area (Å²) < 4.78 is 52.1. The molecule has 0 spiro atoms. The van der Waals surface area contributed by atoms with Crippen LogP contribution in [0, 0.1) is 13.8 Å². The number of rotatable bonds is 6. The monoisotopic (exact) mass is 448 g/mol. The number of hydrogen-bond acceptors (Lipinski definition) is 8. The average molecular weight is 449 g/mol. The quantitative estimate of drug-likeness (QED) is 0.386. The minimum absolute atomic E-state index is 0.163. The molecule has 2 aromatic carbocycles. The second-order valence-electron chi connectivity index (χ2n) is 6.70. The molecular formula is C19H20N4O5S2. The molecule has 0 atom stereocenters. The molecule has 3 aromatic rings. The first-order valence-electron chi connectivity index (χ1n) is 8.70. The summed E-state index contributed by atoms with van der Waals surface area (Å²) in [6.45, 7) is 3.70. The molecular weight excluding hydrogens is 428 g/mol. The highest BCUT2D eigenvalue weighted by molar-refractivity contribution is 7.92. The van der Waals surface area contributed by atoms with Crippen molar-refractivity contribution in [2.24, 2.45) is 0 Å². The number of sulfonamides is 1. The van der Waals surface area contributed by atoms with Crippen LogP contribution in [0.2, 0.25) is 0 Å². The molecule has 0 amide bonds. The molecule has 0 saturated heterocycles. The number of nitrogens with zero attached hydrogens (tertiary/aromatic N) is 2. The van der Waals surface area contributed by atoms with E-state index in [1.807, 2.05) is 37.5 Å². The fourth-order valence-electron chi connectivity index (χ4n) is 2.92. The Kier molecular flexibility index (Phi) is 5.79. The first kappa shape index (κ1) is 21.7. The number of nitrogens with one attached hydrogen (secondary N) is 2. The maximum absolute atomic E-state index is 12.8. The predicted molar refractivity (Wildman–Crippen MR) is 113 cm³/mol. The smallest absolute Gasteiger partial charge is 0.264 e. The second-order valence-corrected chi connectivity index (χ2v) is 10.3. The van der Waals surface area contributed by atoms with Crippen molar-refractivity contribution in [1.29, 1.82) is 0 Å². The number of hydrogen-bond donors (Lipinski definition) is 3. The Hall–Kier alpha value is -3.02. The van der Waals surface area contributed by atoms with E-state index in [1.165, 1.54) is 30.3 Å². The van der Waals surface area contributed by atoms with Gasteiger partial charge in [0, 0.05) is 17.9 Å². The first-order valence-corrected chi connectivity index (χ1v) is 12.1. The molecule has 0 aliphatic rings. The molecule has 11 heteroatoms. The van der Waals surface area contributed by atoms with Gasteiger partial charge in [-0.05, 0) is 43.2 Å². The Morgan fingerprint density at radius 3 is 2.13 bits per heavy atom. The maximum atomic E-state index is 12.8. The van der Waals surface area contributed by atoms with Gasteiger partial charge in [-0.25, -0.2) is 31.5 Å². The van der Waals surface area contributed by atoms with Crippen LogP contribution >= 0.6 is 0 Å². The van der Waals surface area contributed by atoms with Gasteiger partial charge in [0.2, 0.25) is 5.95 Å². The molecule has 0 bridgehead atoms. The highest BCUT2D eigenvalue weighted by atomic mass is 32.2. The summed E-state index contributed by atoms with van der Waals surface area (Å²) in [6.07, 6.45) is 0.985. The first-order chi connectivity index (χ1) is 14.0. The van der Waals surface area contributed by atoms with Crippen LogP contribution in [0.15, 0.2) is 58.5 Å². The van der Waals surface area contributed by atoms with Crippen molar-refractivity contribution in [3.05, 3.63) is 59.7 Å². The third-order valence-electron chi connectivity index (χ3n) is 4.32. The van der Waals surface area contributed by atoms with Gasteiger partial charge >= 0.3 is 0 Å². The van der Waals surface area contributed by atoms with E-state index < -0.39 is 19.9 Å². The van der Waals surface area contributed by atoms with Crippen LogP contribution in [0.4, 0.5) is 11.6 Å². The largest absolute Gasteiger partial charge is 0.291 e. The number of sulfone groups is 1. The van der Waals surface area contributed by atoms with Crippen LogP contribution in [0.3, 0.4) is 0 Å². The normalized spacial score (nSPS) is 11.9. The summed E-state index contributed by atoms with van der Waals surface area (Å²) in [5.74, 6) is -0.377. The summed E-state index contributed by atoms with van der Waals surface area (Å²) in [4.78, 5) is 7.99. The van der Waals surface area contributed by atoms with Gasteiger partial charge in [-0.1, -0.05) is 24.3 Å². The lowest BCUT2D eigenvalue weighted by Gasteiger charge is -2.13. The van der Waals surface area contributed by atoms with Gasteiger partial charge in [-0.3, -0.25) is 10.7 Å². The summed E-state index contributed by atoms with van der Waals surface area (Å²) in [6, 6.07) is 12.3. The molecule has 9 nitrogen and oxygen atoms in total. The van der Waals surface area contributed by atoms with Crippen LogP contribution in [-0.2, 0) is 19.9 Å². The third kappa shape index (κ3) is 4.58. The fraction of sp³-hybridized carbons (Fsp3) is 0.158. The van der Waals surface area contributed by atoms with Crippen molar-refractivity contribution in [2.45, 2.75) is 23.8 Å². The average Bonchev–Trinajstić information content (AvgIpc) is 2.67. The minimum Gasteiger partial charge on any atom is -0.291 e. The Morgan fingerprint density at radius 2 is 1.53 bits per heavy atom. The van der Waals surface area contributed by atoms with Gasteiger partial charge < -0.3 is 0 Å². The molecule has 158 valence electrons. The molecule has 0 aliphatic heterocycles. The SMILES string of the molecule is Cc1cccc(C)c1-c1cc(S(C)(=O)=O)nc(NS(=O)(=O)c2cccc(NO)c2)n1. The van der Waals surface area contributed by atoms with E-state index in [4.69, 9.17) is 5.21 Å². The molecule has 0 radical (unpaired) electrons. The van der Waals surface area contributed by atoms with Crippen molar-refractivity contribution < 1.29 is 22.0 Å². The molecule has 0 saturated carbocycles. The van der Waals surface area contributed by atoms with Gasteiger partial charge in [0.15, 0.2) is 14.9 Å². The second kappa shape index (κ2) is 8.01. The van der Waals surface area contributed by atoms with Gasteiger partial charge in [-0.15, -0.1) is 0 Å². The van der Waals surface area contributed by atoms with Gasteiger partial charge in [0.05, 0.1) is 16.3 Å². The summed E-state index contributed by atoms with van der Waals surface area (Å²) in [5.41, 5.74) is 4.71. The lowest BCUT2D eigenvalue weighted by Crippen LogP contribution is -2.17. The molecule has 0 fully saturated rings. The molecule has 3 N–H and O–H groups in total. The van der Waals surface area contributed by atoms with Crippen molar-refractivity contribution in [1.82, 2.24) is 9.97 Å². The van der Waals surface area contributed by atoms with E-state index in [2.05, 4.69) is 14.7 Å². The number of aromatic nitrogens is 2. The van der Waals surface area contributed by atoms with Crippen molar-refractivity contribution in [3.8, 4) is 11.3 Å². The Labute approximate surface area is 174 Å². The van der Waals surface area contributed by atoms with E-state index >= 15 is 0 Å². The zero-order valence-electron chi connectivity index (χ0n) is 16.4. The van der Waals surface area contributed by atoms with E-state index in [0.29, 0.717) is 5.56 Å². The van der Waals surface area contributed by atoms with Crippen LogP contribution in [0.5, 0.6) is 0 Å². The summed E-state index contributed by atoms with van der Waals surface area (Å²) >= 11 is 0. The number of anilines is 2. The lowest BCUT2D eigenvalue weighted by molar-refractivity contribution is 0.388. The van der Waals surface area contributed by atoms with Crippen LogP contribution in [-0.4, -0.2) is 38.3 Å². The predicted octanol–water partition coefficient (Wildman–Crippen LogP) is 2.77. The van der Waals surface area contributed by atoms with Gasteiger partial charge in [0.25, 0.3) is 10.0 Å². The minimum atomic E-state index is -4.15. The Bertz CT molecular complexity index is 1300. The highest BCUT2D eigenvalue weighted by Crippen LogP contribution is 2.28. The van der Waals surface area contributed by atoms with Crippen molar-refractivity contribution >= 4 is 31.5 Å². The van der Waals surface area contributed by atoms with E-state index in [1.54, 1.807) is 0 Å². The molecule has 30 heavy (non-hydrogen) atoms. The van der Waals surface area contributed by atoms with Gasteiger partial charge in [0.1, 0.15) is 0 Å². The zero-order chi connectivity index (χ0) is 22.1. The standard InChI is InChI=1S/C19H20N4O5S2/c1-12-6-4-7-13(2)18(12)16-11-17(29(3,25)26)21-19(20-16)23-30(27,28)15-9-5-8-14(10-15)22-24/h4-11,22,24H,1-3H3,(H,20,21,23). The fourth-order valence-corrected chi connectivity index (χ4v) is 4.49. The van der Waals surface area contributed by atoms with E-state index in [-0.39, 0.29) is 27.3 Å². The molecule has 1 heterocycles. The van der Waals surface area contributed by atoms with Gasteiger partial charge in [-0.2, -0.15) is 0 Å². The molecule has 1 aromatic heterocycles. The summed E-state index contributed by atoms with van der Waals surface area (Å²) in [5, 5.41) is 8.69. The highest BCUT2D eigenvalue weighted by Gasteiger charge is 2.21. The van der Waals surface area contributed by atoms with Crippen molar-refractivity contribution in [3.63, 3.8) is 0 Å². The number of benzene rings is 2. The Morgan fingerprint density at radius 1 is 0.900 bits per heavy atom. The van der Waals surface area contributed by atoms with Crippen molar-refractivity contribution in [2.75, 3.05) is 16.5 Å². The van der Waals surface area contributed by atoms with Crippen LogP contribution in [0.25, 0.3) is 11.3 Å². The third-order valence-corrected chi connectivity index (χ3v) is 6.61.